The van der Waals surface area contributed by atoms with Gasteiger partial charge in [0.05, 0.1) is 11.7 Å². The van der Waals surface area contributed by atoms with E-state index in [2.05, 4.69) is 18.9 Å². The highest BCUT2D eigenvalue weighted by Gasteiger charge is 2.11. The maximum absolute atomic E-state index is 11.9. The highest BCUT2D eigenvalue weighted by Crippen LogP contribution is 2.17. The summed E-state index contributed by atoms with van der Waals surface area (Å²) in [5.41, 5.74) is 1.99. The van der Waals surface area contributed by atoms with Crippen LogP contribution in [0.15, 0.2) is 41.2 Å². The molecule has 0 amide bonds. The average Bonchev–Trinajstić information content (AvgIpc) is 2.75. The molecule has 3 nitrogen and oxygen atoms in total. The van der Waals surface area contributed by atoms with Crippen LogP contribution in [0.1, 0.15) is 32.7 Å². The smallest absolute Gasteiger partial charge is 0.267 e. The summed E-state index contributed by atoms with van der Waals surface area (Å²) in [6.07, 6.45) is 1.93. The molecule has 0 radical (unpaired) electrons. The van der Waals surface area contributed by atoms with Gasteiger partial charge in [-0.3, -0.25) is 9.89 Å². The number of rotatable bonds is 4. The van der Waals surface area contributed by atoms with E-state index in [4.69, 9.17) is 0 Å². The zero-order valence-corrected chi connectivity index (χ0v) is 10.3. The summed E-state index contributed by atoms with van der Waals surface area (Å²) >= 11 is 0. The second kappa shape index (κ2) is 5.04. The maximum Gasteiger partial charge on any atom is 0.267 e. The van der Waals surface area contributed by atoms with Crippen LogP contribution in [0.5, 0.6) is 0 Å². The predicted molar refractivity (Wildman–Crippen MR) is 70.1 cm³/mol. The third kappa shape index (κ3) is 2.33. The molecule has 0 atom stereocenters. The molecule has 1 aromatic carbocycles. The Kier molecular flexibility index (Phi) is 3.47. The molecule has 0 unspecified atom stereocenters. The first-order chi connectivity index (χ1) is 8.26. The lowest BCUT2D eigenvalue weighted by molar-refractivity contribution is 0.419. The molecule has 17 heavy (non-hydrogen) atoms. The summed E-state index contributed by atoms with van der Waals surface area (Å²) < 4.78 is 1.74. The number of hydrogen-bond acceptors (Lipinski definition) is 1. The second-order valence-electron chi connectivity index (χ2n) is 4.21. The molecule has 2 aromatic rings. The van der Waals surface area contributed by atoms with Crippen LogP contribution in [0.4, 0.5) is 0 Å². The molecule has 0 aliphatic carbocycles. The normalized spacial score (nSPS) is 11.0. The van der Waals surface area contributed by atoms with E-state index in [1.165, 1.54) is 0 Å². The van der Waals surface area contributed by atoms with Gasteiger partial charge in [-0.05, 0) is 18.4 Å². The molecular weight excluding hydrogens is 212 g/mol. The third-order valence-electron chi connectivity index (χ3n) is 3.14. The van der Waals surface area contributed by atoms with Gasteiger partial charge in [0.25, 0.3) is 5.56 Å². The van der Waals surface area contributed by atoms with Gasteiger partial charge in [0, 0.05) is 6.07 Å². The van der Waals surface area contributed by atoms with Gasteiger partial charge in [0.15, 0.2) is 0 Å². The fourth-order valence-corrected chi connectivity index (χ4v) is 2.10. The van der Waals surface area contributed by atoms with E-state index in [9.17, 15) is 4.79 Å². The van der Waals surface area contributed by atoms with Gasteiger partial charge < -0.3 is 0 Å². The molecule has 2 rings (SSSR count). The van der Waals surface area contributed by atoms with E-state index in [1.807, 2.05) is 30.3 Å². The van der Waals surface area contributed by atoms with Crippen LogP contribution in [-0.2, 0) is 0 Å². The highest BCUT2D eigenvalue weighted by atomic mass is 16.1. The topological polar surface area (TPSA) is 37.8 Å². The zero-order chi connectivity index (χ0) is 12.3. The van der Waals surface area contributed by atoms with Crippen molar-refractivity contribution in [1.82, 2.24) is 9.78 Å². The lowest BCUT2D eigenvalue weighted by atomic mass is 10.2. The van der Waals surface area contributed by atoms with Crippen molar-refractivity contribution in [3.63, 3.8) is 0 Å². The Bertz CT molecular complexity index is 521. The minimum atomic E-state index is 0.0533. The van der Waals surface area contributed by atoms with E-state index < -0.39 is 0 Å². The van der Waals surface area contributed by atoms with Crippen molar-refractivity contribution in [2.75, 3.05) is 0 Å². The summed E-state index contributed by atoms with van der Waals surface area (Å²) in [7, 11) is 0. The standard InChI is InChI=1S/C14H18N2O/c1-3-12(4-2)16-14(17)10-13(15-16)11-8-6-5-7-9-11/h5-10,12,15H,3-4H2,1-2H3. The minimum absolute atomic E-state index is 0.0533. The van der Waals surface area contributed by atoms with Crippen molar-refractivity contribution in [2.45, 2.75) is 32.7 Å². The number of hydrogen-bond donors (Lipinski definition) is 1. The Labute approximate surface area is 101 Å². The van der Waals surface area contributed by atoms with Crippen LogP contribution >= 0.6 is 0 Å². The number of H-pyrrole nitrogens is 1. The van der Waals surface area contributed by atoms with Crippen molar-refractivity contribution >= 4 is 0 Å². The molecule has 1 N–H and O–H groups in total. The van der Waals surface area contributed by atoms with Crippen LogP contribution in [0, 0.1) is 0 Å². The second-order valence-corrected chi connectivity index (χ2v) is 4.21. The molecule has 1 aromatic heterocycles. The van der Waals surface area contributed by atoms with Gasteiger partial charge in [0.2, 0.25) is 0 Å². The third-order valence-corrected chi connectivity index (χ3v) is 3.14. The Morgan fingerprint density at radius 1 is 1.18 bits per heavy atom. The van der Waals surface area contributed by atoms with Gasteiger partial charge in [-0.2, -0.15) is 0 Å². The molecule has 0 saturated carbocycles. The van der Waals surface area contributed by atoms with E-state index in [0.717, 1.165) is 24.1 Å². The lowest BCUT2D eigenvalue weighted by Crippen LogP contribution is -2.21. The van der Waals surface area contributed by atoms with Crippen molar-refractivity contribution in [2.24, 2.45) is 0 Å². The van der Waals surface area contributed by atoms with E-state index >= 15 is 0 Å². The monoisotopic (exact) mass is 230 g/mol. The molecule has 1 heterocycles. The van der Waals surface area contributed by atoms with Gasteiger partial charge in [-0.15, -0.1) is 0 Å². The first kappa shape index (κ1) is 11.7. The Morgan fingerprint density at radius 2 is 1.82 bits per heavy atom. The number of aromatic amines is 1. The number of nitrogens with one attached hydrogen (secondary N) is 1. The summed E-state index contributed by atoms with van der Waals surface area (Å²) in [6.45, 7) is 4.20. The fourth-order valence-electron chi connectivity index (χ4n) is 2.10. The number of nitrogens with zero attached hydrogens (tertiary/aromatic N) is 1. The largest absolute Gasteiger partial charge is 0.295 e. The number of aromatic nitrogens is 2. The molecule has 90 valence electrons. The SMILES string of the molecule is CCC(CC)n1[nH]c(-c2ccccc2)cc1=O. The van der Waals surface area contributed by atoms with Gasteiger partial charge >= 0.3 is 0 Å². The summed E-state index contributed by atoms with van der Waals surface area (Å²) in [5, 5.41) is 3.20. The van der Waals surface area contributed by atoms with E-state index in [0.29, 0.717) is 0 Å². The van der Waals surface area contributed by atoms with Crippen LogP contribution in [0.2, 0.25) is 0 Å². The van der Waals surface area contributed by atoms with Gasteiger partial charge in [0.1, 0.15) is 0 Å². The molecule has 0 fully saturated rings. The predicted octanol–water partition coefficient (Wildman–Crippen LogP) is 3.20. The summed E-state index contributed by atoms with van der Waals surface area (Å²) in [6, 6.07) is 11.9. The summed E-state index contributed by atoms with van der Waals surface area (Å²) in [4.78, 5) is 11.9. The molecular formula is C14H18N2O. The number of benzene rings is 1. The van der Waals surface area contributed by atoms with Crippen LogP contribution in [0.25, 0.3) is 11.3 Å². The molecule has 0 aliphatic rings. The zero-order valence-electron chi connectivity index (χ0n) is 10.3. The Morgan fingerprint density at radius 3 is 2.41 bits per heavy atom. The molecule has 0 bridgehead atoms. The maximum atomic E-state index is 11.9. The molecule has 0 aliphatic heterocycles. The van der Waals surface area contributed by atoms with Crippen LogP contribution < -0.4 is 5.56 Å². The van der Waals surface area contributed by atoms with Crippen molar-refractivity contribution in [3.05, 3.63) is 46.8 Å². The van der Waals surface area contributed by atoms with Crippen LogP contribution in [0.3, 0.4) is 0 Å². The lowest BCUT2D eigenvalue weighted by Gasteiger charge is -2.12. The summed E-state index contributed by atoms with van der Waals surface area (Å²) in [5.74, 6) is 0. The van der Waals surface area contributed by atoms with Crippen molar-refractivity contribution in [3.8, 4) is 11.3 Å². The van der Waals surface area contributed by atoms with E-state index in [1.54, 1.807) is 10.7 Å². The average molecular weight is 230 g/mol. The minimum Gasteiger partial charge on any atom is -0.295 e. The fraction of sp³-hybridized carbons (Fsp3) is 0.357. The molecule has 0 spiro atoms. The highest BCUT2D eigenvalue weighted by molar-refractivity contribution is 5.57. The van der Waals surface area contributed by atoms with Gasteiger partial charge in [-0.25, -0.2) is 4.68 Å². The molecule has 0 saturated heterocycles. The van der Waals surface area contributed by atoms with Crippen LogP contribution in [-0.4, -0.2) is 9.78 Å². The first-order valence-electron chi connectivity index (χ1n) is 6.13. The van der Waals surface area contributed by atoms with Gasteiger partial charge in [-0.1, -0.05) is 44.2 Å². The molecule has 3 heteroatoms. The first-order valence-corrected chi connectivity index (χ1v) is 6.13. The van der Waals surface area contributed by atoms with Crippen molar-refractivity contribution in [1.29, 1.82) is 0 Å². The Balaban J connectivity index is 2.41. The Hall–Kier alpha value is -1.77. The quantitative estimate of drug-likeness (QED) is 0.860. The van der Waals surface area contributed by atoms with E-state index in [-0.39, 0.29) is 11.6 Å². The van der Waals surface area contributed by atoms with Crippen molar-refractivity contribution < 1.29 is 0 Å².